The summed E-state index contributed by atoms with van der Waals surface area (Å²) in [5.41, 5.74) is 6.76. The Morgan fingerprint density at radius 2 is 1.63 bits per heavy atom. The van der Waals surface area contributed by atoms with Crippen molar-refractivity contribution >= 4 is 5.91 Å². The van der Waals surface area contributed by atoms with Crippen molar-refractivity contribution in [3.05, 3.63) is 88.2 Å². The molecule has 1 amide bonds. The molecule has 0 radical (unpaired) electrons. The summed E-state index contributed by atoms with van der Waals surface area (Å²) in [6.45, 7) is 9.40. The molecule has 1 saturated heterocycles. The van der Waals surface area contributed by atoms with Crippen LogP contribution in [-0.4, -0.2) is 51.7 Å². The molecule has 5 nitrogen and oxygen atoms in total. The summed E-state index contributed by atoms with van der Waals surface area (Å²) in [5.74, 6) is 0.0290. The molecule has 0 saturated carbocycles. The second-order valence-corrected chi connectivity index (χ2v) is 8.30. The van der Waals surface area contributed by atoms with Crippen molar-refractivity contribution in [2.45, 2.75) is 26.8 Å². The monoisotopic (exact) mass is 402 g/mol. The van der Waals surface area contributed by atoms with Gasteiger partial charge in [0, 0.05) is 38.9 Å². The second-order valence-electron chi connectivity index (χ2n) is 8.30. The molecule has 1 aromatic heterocycles. The van der Waals surface area contributed by atoms with Crippen LogP contribution < -0.4 is 0 Å². The first kappa shape index (κ1) is 20.4. The van der Waals surface area contributed by atoms with Gasteiger partial charge in [0.15, 0.2) is 5.69 Å². The lowest BCUT2D eigenvalue weighted by atomic mass is 9.92. The molecule has 5 heteroatoms. The van der Waals surface area contributed by atoms with E-state index in [9.17, 15) is 4.79 Å². The van der Waals surface area contributed by atoms with Crippen LogP contribution in [0.4, 0.5) is 0 Å². The molecule has 4 rings (SSSR count). The number of carbonyl (C=O) groups excluding carboxylic acids is 1. The molecule has 156 valence electrons. The number of carbonyl (C=O) groups is 1. The van der Waals surface area contributed by atoms with E-state index in [1.165, 1.54) is 22.3 Å². The SMILES string of the molecule is Cc1ccc(C)c([C@H](c2ccccc2)N2CCN(C(=O)c3cc(C)n(C)n3)CC2)c1. The third-order valence-electron chi connectivity index (χ3n) is 6.14. The maximum atomic E-state index is 12.9. The summed E-state index contributed by atoms with van der Waals surface area (Å²) in [6.07, 6.45) is 0. The average molecular weight is 403 g/mol. The first-order valence-corrected chi connectivity index (χ1v) is 10.6. The average Bonchev–Trinajstić information content (AvgIpc) is 3.10. The zero-order valence-electron chi connectivity index (χ0n) is 18.3. The minimum Gasteiger partial charge on any atom is -0.335 e. The van der Waals surface area contributed by atoms with Crippen LogP contribution in [0, 0.1) is 20.8 Å². The van der Waals surface area contributed by atoms with Crippen molar-refractivity contribution in [3.8, 4) is 0 Å². The van der Waals surface area contributed by atoms with Crippen LogP contribution in [0.15, 0.2) is 54.6 Å². The van der Waals surface area contributed by atoms with Crippen molar-refractivity contribution in [1.29, 1.82) is 0 Å². The van der Waals surface area contributed by atoms with Crippen LogP contribution >= 0.6 is 0 Å². The van der Waals surface area contributed by atoms with Crippen LogP contribution in [0.3, 0.4) is 0 Å². The molecule has 1 aliphatic heterocycles. The Kier molecular flexibility index (Phi) is 5.73. The molecule has 0 unspecified atom stereocenters. The summed E-state index contributed by atoms with van der Waals surface area (Å²) < 4.78 is 1.76. The van der Waals surface area contributed by atoms with Crippen molar-refractivity contribution in [3.63, 3.8) is 0 Å². The number of hydrogen-bond acceptors (Lipinski definition) is 3. The highest BCUT2D eigenvalue weighted by atomic mass is 16.2. The lowest BCUT2D eigenvalue weighted by Crippen LogP contribution is -2.50. The highest BCUT2D eigenvalue weighted by molar-refractivity contribution is 5.92. The summed E-state index contributed by atoms with van der Waals surface area (Å²) in [7, 11) is 1.87. The smallest absolute Gasteiger partial charge is 0.274 e. The molecule has 1 atom stereocenters. The van der Waals surface area contributed by atoms with E-state index in [1.54, 1.807) is 4.68 Å². The van der Waals surface area contributed by atoms with E-state index in [1.807, 2.05) is 24.9 Å². The van der Waals surface area contributed by atoms with Gasteiger partial charge in [-0.1, -0.05) is 54.1 Å². The van der Waals surface area contributed by atoms with Crippen LogP contribution in [0.5, 0.6) is 0 Å². The maximum absolute atomic E-state index is 12.9. The third kappa shape index (κ3) is 4.03. The van der Waals surface area contributed by atoms with Gasteiger partial charge in [-0.2, -0.15) is 5.10 Å². The van der Waals surface area contributed by atoms with Crippen LogP contribution in [-0.2, 0) is 7.05 Å². The Labute approximate surface area is 178 Å². The highest BCUT2D eigenvalue weighted by Crippen LogP contribution is 2.32. The maximum Gasteiger partial charge on any atom is 0.274 e. The molecule has 2 heterocycles. The van der Waals surface area contributed by atoms with E-state index in [2.05, 4.69) is 72.4 Å². The standard InChI is InChI=1S/C25H30N4O/c1-18-10-11-19(2)22(16-18)24(21-8-6-5-7-9-21)28-12-14-29(15-13-28)25(30)23-17-20(3)27(4)26-23/h5-11,16-17,24H,12-15H2,1-4H3/t24-/m0/s1. The van der Waals surface area contributed by atoms with Gasteiger partial charge < -0.3 is 4.90 Å². The molecule has 2 aromatic carbocycles. The zero-order valence-corrected chi connectivity index (χ0v) is 18.3. The van der Waals surface area contributed by atoms with Crippen LogP contribution in [0.2, 0.25) is 0 Å². The largest absolute Gasteiger partial charge is 0.335 e. The van der Waals surface area contributed by atoms with Crippen molar-refractivity contribution in [2.24, 2.45) is 7.05 Å². The molecule has 0 N–H and O–H groups in total. The highest BCUT2D eigenvalue weighted by Gasteiger charge is 2.30. The summed E-state index contributed by atoms with van der Waals surface area (Å²) in [5, 5.41) is 4.37. The van der Waals surface area contributed by atoms with E-state index >= 15 is 0 Å². The number of nitrogens with zero attached hydrogens (tertiary/aromatic N) is 4. The van der Waals surface area contributed by atoms with Gasteiger partial charge in [0.25, 0.3) is 5.91 Å². The Morgan fingerprint density at radius 1 is 0.933 bits per heavy atom. The molecule has 0 bridgehead atoms. The number of aryl methyl sites for hydroxylation is 4. The lowest BCUT2D eigenvalue weighted by molar-refractivity contribution is 0.0590. The first-order chi connectivity index (χ1) is 14.4. The van der Waals surface area contributed by atoms with Crippen molar-refractivity contribution in [2.75, 3.05) is 26.2 Å². The second kappa shape index (κ2) is 8.44. The fourth-order valence-corrected chi connectivity index (χ4v) is 4.29. The molecule has 0 spiro atoms. The van der Waals surface area contributed by atoms with Gasteiger partial charge >= 0.3 is 0 Å². The van der Waals surface area contributed by atoms with Gasteiger partial charge in [-0.3, -0.25) is 14.4 Å². The summed E-state index contributed by atoms with van der Waals surface area (Å²) in [6, 6.07) is 19.5. The van der Waals surface area contributed by atoms with Crippen molar-refractivity contribution < 1.29 is 4.79 Å². The molecule has 30 heavy (non-hydrogen) atoms. The predicted molar refractivity (Wildman–Crippen MR) is 120 cm³/mol. The zero-order chi connectivity index (χ0) is 21.3. The topological polar surface area (TPSA) is 41.4 Å². The number of aromatic nitrogens is 2. The van der Waals surface area contributed by atoms with Gasteiger partial charge in [0.1, 0.15) is 0 Å². The van der Waals surface area contributed by atoms with E-state index < -0.39 is 0 Å². The lowest BCUT2D eigenvalue weighted by Gasteiger charge is -2.40. The van der Waals surface area contributed by atoms with E-state index in [-0.39, 0.29) is 11.9 Å². The number of hydrogen-bond donors (Lipinski definition) is 0. The summed E-state index contributed by atoms with van der Waals surface area (Å²) >= 11 is 0. The number of piperazine rings is 1. The molecule has 0 aliphatic carbocycles. The third-order valence-corrected chi connectivity index (χ3v) is 6.14. The fraction of sp³-hybridized carbons (Fsp3) is 0.360. The minimum absolute atomic E-state index is 0.0290. The first-order valence-electron chi connectivity index (χ1n) is 10.6. The van der Waals surface area contributed by atoms with E-state index in [0.29, 0.717) is 18.8 Å². The normalized spacial score (nSPS) is 15.9. The molecular formula is C25H30N4O. The van der Waals surface area contributed by atoms with Crippen LogP contribution in [0.25, 0.3) is 0 Å². The van der Waals surface area contributed by atoms with Gasteiger partial charge in [0.2, 0.25) is 0 Å². The number of rotatable bonds is 4. The Morgan fingerprint density at radius 3 is 2.27 bits per heavy atom. The fourth-order valence-electron chi connectivity index (χ4n) is 4.29. The van der Waals surface area contributed by atoms with E-state index in [0.717, 1.165) is 18.8 Å². The van der Waals surface area contributed by atoms with E-state index in [4.69, 9.17) is 0 Å². The Bertz CT molecular complexity index is 1010. The molecule has 1 aliphatic rings. The molecule has 3 aromatic rings. The van der Waals surface area contributed by atoms with Gasteiger partial charge in [-0.25, -0.2) is 0 Å². The Hall–Kier alpha value is -2.92. The van der Waals surface area contributed by atoms with Gasteiger partial charge in [-0.15, -0.1) is 0 Å². The number of amides is 1. The van der Waals surface area contributed by atoms with Gasteiger partial charge in [-0.05, 0) is 43.5 Å². The van der Waals surface area contributed by atoms with Crippen molar-refractivity contribution in [1.82, 2.24) is 19.6 Å². The quantitative estimate of drug-likeness (QED) is 0.665. The number of benzene rings is 2. The summed E-state index contributed by atoms with van der Waals surface area (Å²) in [4.78, 5) is 17.4. The van der Waals surface area contributed by atoms with Gasteiger partial charge in [0.05, 0.1) is 6.04 Å². The minimum atomic E-state index is 0.0290. The Balaban J connectivity index is 1.56. The predicted octanol–water partition coefficient (Wildman–Crippen LogP) is 3.89. The molecule has 1 fully saturated rings. The molecular weight excluding hydrogens is 372 g/mol. The van der Waals surface area contributed by atoms with Crippen LogP contribution in [0.1, 0.15) is 44.5 Å².